The summed E-state index contributed by atoms with van der Waals surface area (Å²) in [5.74, 6) is 0. The maximum Gasteiger partial charge on any atom is 0.138 e. The van der Waals surface area contributed by atoms with Crippen LogP contribution in [0.1, 0.15) is 6.92 Å². The molecule has 0 bridgehead atoms. The summed E-state index contributed by atoms with van der Waals surface area (Å²) in [5.41, 5.74) is -0.886. The van der Waals surface area contributed by atoms with Gasteiger partial charge < -0.3 is 9.84 Å². The Morgan fingerprint density at radius 1 is 1.64 bits per heavy atom. The number of rotatable bonds is 5. The van der Waals surface area contributed by atoms with E-state index in [1.807, 2.05) is 0 Å². The average Bonchev–Trinajstić information content (AvgIpc) is 1.88. The lowest BCUT2D eigenvalue weighted by molar-refractivity contribution is -0.116. The SMILES string of the molecule is C=CCOCC(C)(O)N(C)C. The fraction of sp³-hybridized carbons (Fsp3) is 0.750. The van der Waals surface area contributed by atoms with E-state index in [4.69, 9.17) is 4.74 Å². The van der Waals surface area contributed by atoms with Crippen molar-refractivity contribution in [3.63, 3.8) is 0 Å². The summed E-state index contributed by atoms with van der Waals surface area (Å²) in [6, 6.07) is 0. The van der Waals surface area contributed by atoms with E-state index >= 15 is 0 Å². The Morgan fingerprint density at radius 2 is 2.18 bits per heavy atom. The third-order valence-electron chi connectivity index (χ3n) is 1.57. The van der Waals surface area contributed by atoms with Crippen LogP contribution in [0.25, 0.3) is 0 Å². The monoisotopic (exact) mass is 159 g/mol. The minimum atomic E-state index is -0.886. The normalized spacial score (nSPS) is 16.5. The predicted octanol–water partition coefficient (Wildman–Crippen LogP) is 0.459. The summed E-state index contributed by atoms with van der Waals surface area (Å²) in [6.45, 7) is 5.98. The van der Waals surface area contributed by atoms with E-state index in [2.05, 4.69) is 6.58 Å². The molecule has 0 aliphatic rings. The van der Waals surface area contributed by atoms with Crippen molar-refractivity contribution in [2.24, 2.45) is 0 Å². The molecule has 66 valence electrons. The van der Waals surface area contributed by atoms with E-state index in [1.54, 1.807) is 32.0 Å². The Kier molecular flexibility index (Phi) is 4.33. The van der Waals surface area contributed by atoms with Crippen LogP contribution >= 0.6 is 0 Å². The zero-order valence-corrected chi connectivity index (χ0v) is 7.50. The molecule has 0 aliphatic heterocycles. The molecule has 1 unspecified atom stereocenters. The largest absolute Gasteiger partial charge is 0.374 e. The smallest absolute Gasteiger partial charge is 0.138 e. The first-order chi connectivity index (χ1) is 5.00. The quantitative estimate of drug-likeness (QED) is 0.359. The molecule has 0 fully saturated rings. The summed E-state index contributed by atoms with van der Waals surface area (Å²) in [4.78, 5) is 1.70. The maximum absolute atomic E-state index is 9.58. The first-order valence-corrected chi connectivity index (χ1v) is 3.59. The number of likely N-dealkylation sites (N-methyl/N-ethyl adjacent to an activating group) is 1. The van der Waals surface area contributed by atoms with Crippen molar-refractivity contribution < 1.29 is 9.84 Å². The summed E-state index contributed by atoms with van der Waals surface area (Å²) in [6.07, 6.45) is 1.66. The molecular formula is C8H17NO2. The van der Waals surface area contributed by atoms with Gasteiger partial charge in [-0.25, -0.2) is 0 Å². The topological polar surface area (TPSA) is 32.7 Å². The molecule has 0 rings (SSSR count). The first-order valence-electron chi connectivity index (χ1n) is 3.59. The molecule has 0 radical (unpaired) electrons. The summed E-state index contributed by atoms with van der Waals surface area (Å²) in [5, 5.41) is 9.58. The molecule has 0 amide bonds. The van der Waals surface area contributed by atoms with E-state index in [0.29, 0.717) is 13.2 Å². The van der Waals surface area contributed by atoms with Crippen LogP contribution in [0.5, 0.6) is 0 Å². The van der Waals surface area contributed by atoms with E-state index in [9.17, 15) is 5.11 Å². The highest BCUT2D eigenvalue weighted by molar-refractivity contribution is 4.70. The first kappa shape index (κ1) is 10.6. The minimum absolute atomic E-state index is 0.298. The standard InChI is InChI=1S/C8H17NO2/c1-5-6-11-7-8(2,10)9(3)4/h5,10H,1,6-7H2,2-4H3. The van der Waals surface area contributed by atoms with Crippen LogP contribution in [0.15, 0.2) is 12.7 Å². The average molecular weight is 159 g/mol. The van der Waals surface area contributed by atoms with Gasteiger partial charge in [-0.3, -0.25) is 4.90 Å². The van der Waals surface area contributed by atoms with E-state index in [0.717, 1.165) is 0 Å². The van der Waals surface area contributed by atoms with Gasteiger partial charge in [0.05, 0.1) is 13.2 Å². The molecule has 0 heterocycles. The molecule has 0 saturated carbocycles. The lowest BCUT2D eigenvalue weighted by Crippen LogP contribution is -2.45. The number of hydrogen-bond donors (Lipinski definition) is 1. The Labute approximate surface area is 68.3 Å². The predicted molar refractivity (Wildman–Crippen MR) is 45.3 cm³/mol. The summed E-state index contributed by atoms with van der Waals surface area (Å²) < 4.78 is 5.10. The molecule has 0 aromatic rings. The molecule has 1 atom stereocenters. The lowest BCUT2D eigenvalue weighted by atomic mass is 10.2. The van der Waals surface area contributed by atoms with E-state index in [-0.39, 0.29) is 0 Å². The molecule has 0 aliphatic carbocycles. The molecule has 1 N–H and O–H groups in total. The van der Waals surface area contributed by atoms with Gasteiger partial charge in [0.2, 0.25) is 0 Å². The van der Waals surface area contributed by atoms with Crippen LogP contribution < -0.4 is 0 Å². The third kappa shape index (κ3) is 4.14. The van der Waals surface area contributed by atoms with Crippen molar-refractivity contribution in [3.05, 3.63) is 12.7 Å². The molecule has 3 heteroatoms. The zero-order chi connectivity index (χ0) is 8.91. The zero-order valence-electron chi connectivity index (χ0n) is 7.50. The number of ether oxygens (including phenoxy) is 1. The highest BCUT2D eigenvalue weighted by Gasteiger charge is 2.22. The number of hydrogen-bond acceptors (Lipinski definition) is 3. The van der Waals surface area contributed by atoms with Gasteiger partial charge in [0, 0.05) is 0 Å². The molecule has 0 aromatic carbocycles. The van der Waals surface area contributed by atoms with Gasteiger partial charge in [0.25, 0.3) is 0 Å². The van der Waals surface area contributed by atoms with Gasteiger partial charge in [0.1, 0.15) is 5.72 Å². The van der Waals surface area contributed by atoms with Crippen LogP contribution in [-0.4, -0.2) is 43.0 Å². The highest BCUT2D eigenvalue weighted by Crippen LogP contribution is 2.06. The van der Waals surface area contributed by atoms with Gasteiger partial charge in [-0.2, -0.15) is 0 Å². The Bertz CT molecular complexity index is 121. The van der Waals surface area contributed by atoms with Gasteiger partial charge in [-0.15, -0.1) is 6.58 Å². The number of aliphatic hydroxyl groups is 1. The third-order valence-corrected chi connectivity index (χ3v) is 1.57. The molecule has 0 saturated heterocycles. The number of nitrogens with zero attached hydrogens (tertiary/aromatic N) is 1. The van der Waals surface area contributed by atoms with Crippen LogP contribution in [0.4, 0.5) is 0 Å². The van der Waals surface area contributed by atoms with Crippen LogP contribution in [0.3, 0.4) is 0 Å². The second-order valence-corrected chi connectivity index (χ2v) is 2.92. The van der Waals surface area contributed by atoms with Crippen molar-refractivity contribution in [1.82, 2.24) is 4.90 Å². The van der Waals surface area contributed by atoms with Crippen LogP contribution in [0.2, 0.25) is 0 Å². The fourth-order valence-electron chi connectivity index (χ4n) is 0.465. The molecular weight excluding hydrogens is 142 g/mol. The summed E-state index contributed by atoms with van der Waals surface area (Å²) >= 11 is 0. The highest BCUT2D eigenvalue weighted by atomic mass is 16.5. The van der Waals surface area contributed by atoms with Crippen LogP contribution in [-0.2, 0) is 4.74 Å². The Morgan fingerprint density at radius 3 is 2.55 bits per heavy atom. The molecule has 3 nitrogen and oxygen atoms in total. The van der Waals surface area contributed by atoms with Gasteiger partial charge >= 0.3 is 0 Å². The van der Waals surface area contributed by atoms with Crippen molar-refractivity contribution in [2.75, 3.05) is 27.3 Å². The maximum atomic E-state index is 9.58. The van der Waals surface area contributed by atoms with Gasteiger partial charge in [-0.05, 0) is 21.0 Å². The van der Waals surface area contributed by atoms with E-state index < -0.39 is 5.72 Å². The second-order valence-electron chi connectivity index (χ2n) is 2.92. The van der Waals surface area contributed by atoms with Crippen molar-refractivity contribution in [1.29, 1.82) is 0 Å². The fourth-order valence-corrected chi connectivity index (χ4v) is 0.465. The molecule has 0 aromatic heterocycles. The molecule has 11 heavy (non-hydrogen) atoms. The van der Waals surface area contributed by atoms with Crippen molar-refractivity contribution >= 4 is 0 Å². The minimum Gasteiger partial charge on any atom is -0.374 e. The van der Waals surface area contributed by atoms with Gasteiger partial charge in [0.15, 0.2) is 0 Å². The Balaban J connectivity index is 3.63. The summed E-state index contributed by atoms with van der Waals surface area (Å²) in [7, 11) is 3.61. The molecule has 0 spiro atoms. The Hall–Kier alpha value is -0.380. The van der Waals surface area contributed by atoms with E-state index in [1.165, 1.54) is 0 Å². The van der Waals surface area contributed by atoms with Crippen molar-refractivity contribution in [2.45, 2.75) is 12.6 Å². The van der Waals surface area contributed by atoms with Crippen LogP contribution in [0, 0.1) is 0 Å². The van der Waals surface area contributed by atoms with Gasteiger partial charge in [-0.1, -0.05) is 6.08 Å². The lowest BCUT2D eigenvalue weighted by Gasteiger charge is -2.30. The second kappa shape index (κ2) is 4.49. The van der Waals surface area contributed by atoms with Crippen molar-refractivity contribution in [3.8, 4) is 0 Å².